The number of hydrogen-bond donors (Lipinski definition) is 3. The molecule has 1 atom stereocenters. The molecule has 0 bridgehead atoms. The maximum absolute atomic E-state index is 11.8. The number of nitrogens with two attached hydrogens (primary N) is 1. The molecule has 0 spiro atoms. The lowest BCUT2D eigenvalue weighted by Gasteiger charge is -2.26. The van der Waals surface area contributed by atoms with Crippen LogP contribution in [0, 0.1) is 0 Å². The Morgan fingerprint density at radius 1 is 1.19 bits per heavy atom. The molecule has 144 valence electrons. The largest absolute Gasteiger partial charge is 0.476 e. The van der Waals surface area contributed by atoms with Gasteiger partial charge in [0.1, 0.15) is 5.75 Å². The second-order valence-corrected chi connectivity index (χ2v) is 6.38. The first kappa shape index (κ1) is 21.4. The lowest BCUT2D eigenvalue weighted by atomic mass is 9.88. The molecule has 0 amide bonds. The van der Waals surface area contributed by atoms with E-state index < -0.39 is 17.5 Å². The zero-order chi connectivity index (χ0) is 19.9. The van der Waals surface area contributed by atoms with Gasteiger partial charge in [-0.05, 0) is 63.3 Å². The summed E-state index contributed by atoms with van der Waals surface area (Å²) in [5.41, 5.74) is 7.56. The third-order valence-corrected chi connectivity index (χ3v) is 3.77. The highest BCUT2D eigenvalue weighted by Gasteiger charge is 2.31. The molecule has 1 aliphatic carbocycles. The monoisotopic (exact) mass is 367 g/mol. The molecule has 0 saturated heterocycles. The van der Waals surface area contributed by atoms with Gasteiger partial charge in [-0.2, -0.15) is 0 Å². The normalized spacial score (nSPS) is 15.8. The molecule has 0 heterocycles. The Morgan fingerprint density at radius 2 is 1.81 bits per heavy atom. The summed E-state index contributed by atoms with van der Waals surface area (Å²) in [7, 11) is 0. The van der Waals surface area contributed by atoms with Crippen LogP contribution in [0.2, 0.25) is 0 Å². The number of aliphatic carboxylic acids is 2. The molecule has 1 aliphatic rings. The average Bonchev–Trinajstić information content (AvgIpc) is 2.54. The molecule has 0 aliphatic heterocycles. The van der Waals surface area contributed by atoms with Crippen molar-refractivity contribution in [3.05, 3.63) is 29.3 Å². The van der Waals surface area contributed by atoms with Crippen molar-refractivity contribution in [1.82, 2.24) is 0 Å². The molecule has 8 nitrogen and oxygen atoms in total. The summed E-state index contributed by atoms with van der Waals surface area (Å²) in [6.45, 7) is 5.57. The second-order valence-electron chi connectivity index (χ2n) is 6.38. The van der Waals surface area contributed by atoms with Crippen LogP contribution in [-0.4, -0.2) is 46.4 Å². The van der Waals surface area contributed by atoms with E-state index in [0.29, 0.717) is 12.4 Å². The van der Waals surface area contributed by atoms with Crippen molar-refractivity contribution in [2.45, 2.75) is 51.7 Å². The molecular weight excluding hydrogens is 342 g/mol. The summed E-state index contributed by atoms with van der Waals surface area (Å²) in [4.78, 5) is 30.0. The van der Waals surface area contributed by atoms with Crippen LogP contribution in [-0.2, 0) is 32.0 Å². The number of rotatable bonds is 4. The summed E-state index contributed by atoms with van der Waals surface area (Å²) in [6.07, 6.45) is 2.91. The molecule has 0 radical (unpaired) electrons. The Bertz CT molecular complexity index is 658. The van der Waals surface area contributed by atoms with Crippen molar-refractivity contribution in [2.75, 3.05) is 6.61 Å². The molecule has 1 aromatic carbocycles. The minimum absolute atomic E-state index is 0.218. The molecule has 2 rings (SSSR count). The van der Waals surface area contributed by atoms with Gasteiger partial charge in [0, 0.05) is 6.04 Å². The lowest BCUT2D eigenvalue weighted by molar-refractivity contribution is -0.159. The van der Waals surface area contributed by atoms with Crippen LogP contribution in [0.3, 0.4) is 0 Å². The van der Waals surface area contributed by atoms with E-state index in [1.165, 1.54) is 11.1 Å². The first-order valence-corrected chi connectivity index (χ1v) is 8.26. The van der Waals surface area contributed by atoms with Gasteiger partial charge in [-0.1, -0.05) is 6.07 Å². The van der Waals surface area contributed by atoms with Crippen LogP contribution in [0.25, 0.3) is 0 Å². The maximum Gasteiger partial charge on any atom is 0.414 e. The Kier molecular flexibility index (Phi) is 7.57. The van der Waals surface area contributed by atoms with Gasteiger partial charge in [-0.3, -0.25) is 0 Å². The van der Waals surface area contributed by atoms with Crippen molar-refractivity contribution >= 4 is 17.9 Å². The Morgan fingerprint density at radius 3 is 2.35 bits per heavy atom. The van der Waals surface area contributed by atoms with E-state index >= 15 is 0 Å². The number of benzene rings is 1. The number of esters is 1. The van der Waals surface area contributed by atoms with Crippen LogP contribution in [0.15, 0.2) is 18.2 Å². The fourth-order valence-corrected chi connectivity index (χ4v) is 2.47. The zero-order valence-electron chi connectivity index (χ0n) is 15.2. The molecule has 1 aromatic rings. The number of hydrogen-bond acceptors (Lipinski definition) is 6. The van der Waals surface area contributed by atoms with Crippen molar-refractivity contribution in [1.29, 1.82) is 0 Å². The number of ether oxygens (including phenoxy) is 2. The van der Waals surface area contributed by atoms with Gasteiger partial charge in [-0.15, -0.1) is 0 Å². The van der Waals surface area contributed by atoms with Crippen molar-refractivity contribution < 1.29 is 34.1 Å². The highest BCUT2D eigenvalue weighted by molar-refractivity contribution is 6.27. The fourth-order valence-electron chi connectivity index (χ4n) is 2.47. The first-order chi connectivity index (χ1) is 12.1. The van der Waals surface area contributed by atoms with E-state index in [1.54, 1.807) is 20.8 Å². The fraction of sp³-hybridized carbons (Fsp3) is 0.500. The number of carbonyl (C=O) groups excluding carboxylic acids is 1. The van der Waals surface area contributed by atoms with E-state index in [4.69, 9.17) is 35.0 Å². The lowest BCUT2D eigenvalue weighted by Crippen LogP contribution is -2.39. The minimum atomic E-state index is -1.82. The van der Waals surface area contributed by atoms with Gasteiger partial charge < -0.3 is 25.4 Å². The van der Waals surface area contributed by atoms with Gasteiger partial charge in [0.25, 0.3) is 0 Å². The number of aryl methyl sites for hydroxylation is 1. The first-order valence-electron chi connectivity index (χ1n) is 8.26. The van der Waals surface area contributed by atoms with Gasteiger partial charge >= 0.3 is 17.9 Å². The molecular formula is C18H25NO7. The number of fused-ring (bicyclic) bond motifs is 1. The van der Waals surface area contributed by atoms with Crippen LogP contribution < -0.4 is 10.5 Å². The molecule has 8 heteroatoms. The predicted octanol–water partition coefficient (Wildman–Crippen LogP) is 1.38. The summed E-state index contributed by atoms with van der Waals surface area (Å²) in [5.74, 6) is -3.31. The molecule has 0 aromatic heterocycles. The molecule has 26 heavy (non-hydrogen) atoms. The maximum atomic E-state index is 11.8. The second kappa shape index (κ2) is 9.19. The average molecular weight is 367 g/mol. The number of carboxylic acid groups (broad SMARTS) is 2. The standard InChI is InChI=1S/C16H23NO3.C2H2O4/c1-4-19-15(18)16(2,3)20-14-8-6-11-5-7-13(17)9-12(11)10-14;3-1(4)2(5)6/h6,8,10,13H,4-5,7,9,17H2,1-3H3;(H,3,4)(H,5,6)/t13-;/m0./s1. The highest BCUT2D eigenvalue weighted by Crippen LogP contribution is 2.27. The summed E-state index contributed by atoms with van der Waals surface area (Å²) < 4.78 is 10.8. The quantitative estimate of drug-likeness (QED) is 0.536. The van der Waals surface area contributed by atoms with Crippen molar-refractivity contribution in [3.8, 4) is 5.75 Å². The number of carbonyl (C=O) groups is 3. The predicted molar refractivity (Wildman–Crippen MR) is 93.1 cm³/mol. The van der Waals surface area contributed by atoms with E-state index in [0.717, 1.165) is 19.3 Å². The van der Waals surface area contributed by atoms with Crippen LogP contribution in [0.4, 0.5) is 0 Å². The van der Waals surface area contributed by atoms with Gasteiger partial charge in [0.15, 0.2) is 5.60 Å². The molecule has 0 unspecified atom stereocenters. The van der Waals surface area contributed by atoms with Gasteiger partial charge in [0.05, 0.1) is 6.61 Å². The van der Waals surface area contributed by atoms with E-state index in [2.05, 4.69) is 6.07 Å². The Hall–Kier alpha value is -2.61. The van der Waals surface area contributed by atoms with Crippen LogP contribution in [0.1, 0.15) is 38.3 Å². The summed E-state index contributed by atoms with van der Waals surface area (Å²) in [5, 5.41) is 14.8. The topological polar surface area (TPSA) is 136 Å². The van der Waals surface area contributed by atoms with E-state index in [1.807, 2.05) is 12.1 Å². The highest BCUT2D eigenvalue weighted by atomic mass is 16.6. The van der Waals surface area contributed by atoms with Crippen LogP contribution >= 0.6 is 0 Å². The summed E-state index contributed by atoms with van der Waals surface area (Å²) >= 11 is 0. The van der Waals surface area contributed by atoms with Gasteiger partial charge in [0.2, 0.25) is 0 Å². The minimum Gasteiger partial charge on any atom is -0.476 e. The van der Waals surface area contributed by atoms with E-state index in [-0.39, 0.29) is 12.0 Å². The third-order valence-electron chi connectivity index (χ3n) is 3.77. The van der Waals surface area contributed by atoms with Crippen molar-refractivity contribution in [2.24, 2.45) is 5.73 Å². The smallest absolute Gasteiger partial charge is 0.414 e. The van der Waals surface area contributed by atoms with E-state index in [9.17, 15) is 4.79 Å². The number of carboxylic acids is 2. The van der Waals surface area contributed by atoms with Gasteiger partial charge in [-0.25, -0.2) is 14.4 Å². The van der Waals surface area contributed by atoms with Crippen LogP contribution in [0.5, 0.6) is 5.75 Å². The SMILES string of the molecule is CCOC(=O)C(C)(C)Oc1ccc2c(c1)C[C@@H](N)CC2.O=C(O)C(=O)O. The molecule has 4 N–H and O–H groups in total. The summed E-state index contributed by atoms with van der Waals surface area (Å²) in [6, 6.07) is 6.19. The van der Waals surface area contributed by atoms with Crippen molar-refractivity contribution in [3.63, 3.8) is 0 Å². The molecule has 0 fully saturated rings. The Labute approximate surface area is 151 Å². The zero-order valence-corrected chi connectivity index (χ0v) is 15.2. The molecule has 0 saturated carbocycles. The Balaban J connectivity index is 0.000000487. The third kappa shape index (κ3) is 6.36.